The fourth-order valence-corrected chi connectivity index (χ4v) is 8.69. The molecular weight excluding hydrogens is 548 g/mol. The zero-order chi connectivity index (χ0) is 26.2. The number of halogens is 1. The highest BCUT2D eigenvalue weighted by molar-refractivity contribution is 7.91. The summed E-state index contributed by atoms with van der Waals surface area (Å²) in [5.41, 5.74) is 2.99. The van der Waals surface area contributed by atoms with E-state index in [0.29, 0.717) is 34.8 Å². The maximum absolute atomic E-state index is 13.9. The Morgan fingerprint density at radius 2 is 1.92 bits per heavy atom. The molecule has 11 heteroatoms. The van der Waals surface area contributed by atoms with E-state index >= 15 is 0 Å². The quantitative estimate of drug-likeness (QED) is 0.264. The summed E-state index contributed by atoms with van der Waals surface area (Å²) in [5.74, 6) is -0.0255. The third-order valence-corrected chi connectivity index (χ3v) is 11.2. The van der Waals surface area contributed by atoms with Crippen molar-refractivity contribution in [3.63, 3.8) is 0 Å². The first-order chi connectivity index (χ1) is 17.7. The number of carbonyl (C=O) groups excluding carboxylic acids is 1. The Morgan fingerprint density at radius 1 is 1.14 bits per heavy atom. The summed E-state index contributed by atoms with van der Waals surface area (Å²) < 4.78 is 29.2. The smallest absolute Gasteiger partial charge is 0.252 e. The summed E-state index contributed by atoms with van der Waals surface area (Å²) in [6, 6.07) is 13.1. The predicted octanol–water partition coefficient (Wildman–Crippen LogP) is 6.16. The van der Waals surface area contributed by atoms with Crippen molar-refractivity contribution in [3.05, 3.63) is 70.3 Å². The van der Waals surface area contributed by atoms with Crippen molar-refractivity contribution < 1.29 is 13.2 Å². The van der Waals surface area contributed by atoms with Crippen molar-refractivity contribution in [1.29, 1.82) is 0 Å². The molecule has 37 heavy (non-hydrogen) atoms. The zero-order valence-corrected chi connectivity index (χ0v) is 23.7. The van der Waals surface area contributed by atoms with Crippen LogP contribution in [0.3, 0.4) is 0 Å². The average Bonchev–Trinajstić information content (AvgIpc) is 3.54. The monoisotopic (exact) mass is 574 g/mol. The first-order valence-electron chi connectivity index (χ1n) is 12.1. The molecule has 0 aliphatic carbocycles. The van der Waals surface area contributed by atoms with Crippen LogP contribution in [0.4, 0.5) is 5.13 Å². The van der Waals surface area contributed by atoms with Gasteiger partial charge in [-0.3, -0.25) is 14.7 Å². The Morgan fingerprint density at radius 3 is 2.57 bits per heavy atom. The van der Waals surface area contributed by atoms with Crippen molar-refractivity contribution in [2.24, 2.45) is 5.92 Å². The van der Waals surface area contributed by atoms with E-state index in [1.54, 1.807) is 23.4 Å². The summed E-state index contributed by atoms with van der Waals surface area (Å²) in [6.45, 7) is 5.20. The van der Waals surface area contributed by atoms with E-state index in [4.69, 9.17) is 16.6 Å². The van der Waals surface area contributed by atoms with Crippen LogP contribution in [0.15, 0.2) is 59.1 Å². The van der Waals surface area contributed by atoms with E-state index in [1.807, 2.05) is 24.3 Å². The molecule has 1 saturated heterocycles. The lowest BCUT2D eigenvalue weighted by Crippen LogP contribution is -2.44. The van der Waals surface area contributed by atoms with E-state index in [-0.39, 0.29) is 29.1 Å². The van der Waals surface area contributed by atoms with E-state index in [2.05, 4.69) is 24.9 Å². The number of thiazole rings is 1. The normalized spacial score (nSPS) is 15.5. The second kappa shape index (κ2) is 10.8. The predicted molar refractivity (Wildman–Crippen MR) is 150 cm³/mol. The van der Waals surface area contributed by atoms with Crippen LogP contribution in [-0.4, -0.2) is 41.7 Å². The number of piperidine rings is 1. The molecule has 0 N–H and O–H groups in total. The molecule has 4 aromatic rings. The van der Waals surface area contributed by atoms with Crippen LogP contribution in [0.2, 0.25) is 4.34 Å². The minimum Gasteiger partial charge on any atom is -0.283 e. The van der Waals surface area contributed by atoms with Gasteiger partial charge in [-0.25, -0.2) is 13.4 Å². The summed E-state index contributed by atoms with van der Waals surface area (Å²) in [5, 5.41) is 0.653. The number of sulfonamides is 1. The lowest BCUT2D eigenvalue weighted by atomic mass is 9.96. The van der Waals surface area contributed by atoms with Crippen LogP contribution < -0.4 is 4.90 Å². The minimum absolute atomic E-state index is 0.0368. The molecule has 1 amide bonds. The van der Waals surface area contributed by atoms with Crippen LogP contribution in [0.25, 0.3) is 10.2 Å². The van der Waals surface area contributed by atoms with Crippen LogP contribution in [-0.2, 0) is 21.4 Å². The first kappa shape index (κ1) is 26.2. The van der Waals surface area contributed by atoms with Gasteiger partial charge < -0.3 is 0 Å². The van der Waals surface area contributed by atoms with Crippen molar-refractivity contribution in [2.75, 3.05) is 18.0 Å². The standard InChI is InChI=1S/C26H27ClN4O3S3/c1-17(2)20-6-3-7-21-24(20)29-26(35-21)31(16-18-5-4-12-28-15-18)25(32)19-10-13-30(14-11-19)37(33,34)23-9-8-22(27)36-23/h3-9,12,15,17,19H,10-11,13-14,16H2,1-2H3. The molecule has 0 atom stereocenters. The third kappa shape index (κ3) is 5.44. The molecule has 0 spiro atoms. The number of hydrogen-bond donors (Lipinski definition) is 0. The van der Waals surface area contributed by atoms with Gasteiger partial charge in [-0.05, 0) is 54.2 Å². The molecule has 0 saturated carbocycles. The molecule has 4 heterocycles. The number of aromatic nitrogens is 2. The van der Waals surface area contributed by atoms with Gasteiger partial charge in [-0.15, -0.1) is 11.3 Å². The Hall–Kier alpha value is -2.37. The van der Waals surface area contributed by atoms with Gasteiger partial charge in [0.05, 0.1) is 21.1 Å². The Balaban J connectivity index is 1.40. The van der Waals surface area contributed by atoms with Gasteiger partial charge in [0.2, 0.25) is 5.91 Å². The third-order valence-electron chi connectivity index (χ3n) is 6.57. The first-order valence-corrected chi connectivity index (χ1v) is 15.5. The van der Waals surface area contributed by atoms with Gasteiger partial charge in [-0.2, -0.15) is 4.31 Å². The number of fused-ring (bicyclic) bond motifs is 1. The Kier molecular flexibility index (Phi) is 7.65. The number of anilines is 1. The van der Waals surface area contributed by atoms with E-state index in [9.17, 15) is 13.2 Å². The molecule has 1 aliphatic heterocycles. The summed E-state index contributed by atoms with van der Waals surface area (Å²) in [4.78, 5) is 24.8. The van der Waals surface area contributed by atoms with Gasteiger partial charge in [0, 0.05) is 31.4 Å². The number of nitrogens with zero attached hydrogens (tertiary/aromatic N) is 4. The average molecular weight is 575 g/mol. The van der Waals surface area contributed by atoms with E-state index in [0.717, 1.165) is 32.7 Å². The minimum atomic E-state index is -3.62. The van der Waals surface area contributed by atoms with Gasteiger partial charge in [0.15, 0.2) is 5.13 Å². The van der Waals surface area contributed by atoms with Gasteiger partial charge in [0.25, 0.3) is 10.0 Å². The molecule has 194 valence electrons. The molecular formula is C26H27ClN4O3S3. The second-order valence-electron chi connectivity index (χ2n) is 9.37. The molecule has 0 unspecified atom stereocenters. The zero-order valence-electron chi connectivity index (χ0n) is 20.5. The number of benzene rings is 1. The van der Waals surface area contributed by atoms with Gasteiger partial charge in [-0.1, -0.05) is 55.0 Å². The molecule has 1 aliphatic rings. The molecule has 3 aromatic heterocycles. The topological polar surface area (TPSA) is 83.5 Å². The molecule has 1 fully saturated rings. The number of thiophene rings is 1. The summed E-state index contributed by atoms with van der Waals surface area (Å²) in [7, 11) is -3.62. The number of rotatable bonds is 7. The largest absolute Gasteiger partial charge is 0.283 e. The highest BCUT2D eigenvalue weighted by Gasteiger charge is 2.35. The van der Waals surface area contributed by atoms with Crippen LogP contribution in [0.5, 0.6) is 0 Å². The van der Waals surface area contributed by atoms with Crippen molar-refractivity contribution in [3.8, 4) is 0 Å². The highest BCUT2D eigenvalue weighted by Crippen LogP contribution is 2.36. The molecule has 5 rings (SSSR count). The molecule has 7 nitrogen and oxygen atoms in total. The van der Waals surface area contributed by atoms with Crippen molar-refractivity contribution in [1.82, 2.24) is 14.3 Å². The second-order valence-corrected chi connectivity index (χ2v) is 14.3. The van der Waals surface area contributed by atoms with Crippen LogP contribution >= 0.6 is 34.3 Å². The Bertz CT molecular complexity index is 1510. The lowest BCUT2D eigenvalue weighted by Gasteiger charge is -2.32. The number of para-hydroxylation sites is 1. The molecule has 0 bridgehead atoms. The Labute approximate surface area is 229 Å². The number of carbonyl (C=O) groups is 1. The maximum atomic E-state index is 13.9. The molecule has 1 aromatic carbocycles. The fourth-order valence-electron chi connectivity index (χ4n) is 4.58. The van der Waals surface area contributed by atoms with E-state index < -0.39 is 10.0 Å². The number of pyridine rings is 1. The SMILES string of the molecule is CC(C)c1cccc2sc(N(Cc3cccnc3)C(=O)C3CCN(S(=O)(=O)c4ccc(Cl)s4)CC3)nc12. The van der Waals surface area contributed by atoms with Crippen molar-refractivity contribution in [2.45, 2.75) is 43.4 Å². The lowest BCUT2D eigenvalue weighted by molar-refractivity contribution is -0.123. The van der Waals surface area contributed by atoms with Crippen LogP contribution in [0.1, 0.15) is 43.7 Å². The van der Waals surface area contributed by atoms with Gasteiger partial charge >= 0.3 is 0 Å². The highest BCUT2D eigenvalue weighted by atomic mass is 35.5. The summed E-state index contributed by atoms with van der Waals surface area (Å²) in [6.07, 6.45) is 4.36. The summed E-state index contributed by atoms with van der Waals surface area (Å²) >= 11 is 8.52. The van der Waals surface area contributed by atoms with Gasteiger partial charge in [0.1, 0.15) is 4.21 Å². The maximum Gasteiger partial charge on any atom is 0.252 e. The van der Waals surface area contributed by atoms with Crippen molar-refractivity contribution >= 4 is 65.6 Å². The molecule has 0 radical (unpaired) electrons. The van der Waals surface area contributed by atoms with E-state index in [1.165, 1.54) is 21.7 Å². The van der Waals surface area contributed by atoms with Crippen LogP contribution in [0, 0.1) is 5.92 Å². The fraction of sp³-hybridized carbons (Fsp3) is 0.346. The number of hydrogen-bond acceptors (Lipinski definition) is 7. The number of amides is 1.